The van der Waals surface area contributed by atoms with E-state index in [4.69, 9.17) is 23.2 Å². The standard InChI is InChI=1S/C11H22Cl2FN/c1-3-5-7-9-15(11(12,13)14)10-8-6-4-2/h3-10H2,1-2H3. The van der Waals surface area contributed by atoms with E-state index in [9.17, 15) is 4.39 Å². The Hall–Kier alpha value is 0.470. The zero-order valence-corrected chi connectivity index (χ0v) is 11.2. The number of rotatable bonds is 9. The third-order valence-electron chi connectivity index (χ3n) is 2.42. The van der Waals surface area contributed by atoms with Crippen LogP contribution in [0.3, 0.4) is 0 Å². The fourth-order valence-electron chi connectivity index (χ4n) is 1.47. The molecule has 92 valence electrons. The molecule has 0 amide bonds. The van der Waals surface area contributed by atoms with Crippen LogP contribution in [0.1, 0.15) is 52.4 Å². The maximum atomic E-state index is 13.4. The third-order valence-corrected chi connectivity index (χ3v) is 2.90. The Morgan fingerprint density at radius 2 is 1.33 bits per heavy atom. The van der Waals surface area contributed by atoms with E-state index in [1.54, 1.807) is 0 Å². The number of nitrogens with zero attached hydrogens (tertiary/aromatic N) is 1. The fraction of sp³-hybridized carbons (Fsp3) is 1.00. The number of alkyl halides is 3. The molecule has 0 aromatic heterocycles. The van der Waals surface area contributed by atoms with Crippen molar-refractivity contribution in [2.24, 2.45) is 0 Å². The van der Waals surface area contributed by atoms with E-state index < -0.39 is 4.71 Å². The summed E-state index contributed by atoms with van der Waals surface area (Å²) in [7, 11) is 0. The quantitative estimate of drug-likeness (QED) is 0.328. The molecule has 0 saturated carbocycles. The zero-order chi connectivity index (χ0) is 11.7. The van der Waals surface area contributed by atoms with Gasteiger partial charge in [-0.1, -0.05) is 39.5 Å². The minimum atomic E-state index is -2.21. The summed E-state index contributed by atoms with van der Waals surface area (Å²) in [6, 6.07) is 0. The molecule has 0 aliphatic carbocycles. The molecule has 0 heterocycles. The third kappa shape index (κ3) is 8.29. The summed E-state index contributed by atoms with van der Waals surface area (Å²) < 4.78 is 11.2. The maximum absolute atomic E-state index is 13.4. The molecule has 0 rings (SSSR count). The minimum absolute atomic E-state index is 0.640. The largest absolute Gasteiger partial charge is 0.316 e. The van der Waals surface area contributed by atoms with Crippen LogP contribution in [-0.2, 0) is 0 Å². The van der Waals surface area contributed by atoms with Crippen molar-refractivity contribution in [2.45, 2.75) is 57.1 Å². The zero-order valence-electron chi connectivity index (χ0n) is 9.74. The minimum Gasteiger partial charge on any atom is -0.245 e. The first-order valence-corrected chi connectivity index (χ1v) is 6.59. The Balaban J connectivity index is 3.85. The highest BCUT2D eigenvalue weighted by Crippen LogP contribution is 2.28. The van der Waals surface area contributed by atoms with Gasteiger partial charge in [-0.3, -0.25) is 0 Å². The summed E-state index contributed by atoms with van der Waals surface area (Å²) in [4.78, 5) is 1.52. The van der Waals surface area contributed by atoms with Gasteiger partial charge < -0.3 is 0 Å². The predicted molar refractivity (Wildman–Crippen MR) is 66.2 cm³/mol. The lowest BCUT2D eigenvalue weighted by Crippen LogP contribution is -2.37. The summed E-state index contributed by atoms with van der Waals surface area (Å²) in [5.74, 6) is 0. The van der Waals surface area contributed by atoms with Crippen LogP contribution >= 0.6 is 23.2 Å². The van der Waals surface area contributed by atoms with Crippen molar-refractivity contribution >= 4 is 23.2 Å². The Morgan fingerprint density at radius 1 is 0.933 bits per heavy atom. The lowest BCUT2D eigenvalue weighted by Gasteiger charge is -2.27. The van der Waals surface area contributed by atoms with Gasteiger partial charge in [0.15, 0.2) is 0 Å². The van der Waals surface area contributed by atoms with Crippen LogP contribution in [0.5, 0.6) is 0 Å². The first-order chi connectivity index (χ1) is 7.02. The molecule has 0 fully saturated rings. The monoisotopic (exact) mass is 257 g/mol. The van der Waals surface area contributed by atoms with Gasteiger partial charge in [0, 0.05) is 13.1 Å². The van der Waals surface area contributed by atoms with E-state index >= 15 is 0 Å². The Bertz CT molecular complexity index is 138. The van der Waals surface area contributed by atoms with E-state index in [1.165, 1.54) is 4.90 Å². The summed E-state index contributed by atoms with van der Waals surface area (Å²) >= 11 is 11.0. The molecular formula is C11H22Cl2FN. The summed E-state index contributed by atoms with van der Waals surface area (Å²) in [5.41, 5.74) is 0. The molecule has 0 aliphatic rings. The van der Waals surface area contributed by atoms with Gasteiger partial charge in [-0.25, -0.2) is 4.90 Å². The van der Waals surface area contributed by atoms with Gasteiger partial charge in [-0.05, 0) is 36.0 Å². The molecule has 0 saturated heterocycles. The highest BCUT2D eigenvalue weighted by Gasteiger charge is 2.30. The number of unbranched alkanes of at least 4 members (excludes halogenated alkanes) is 4. The van der Waals surface area contributed by atoms with E-state index in [-0.39, 0.29) is 0 Å². The smallest absolute Gasteiger partial charge is 0.245 e. The number of hydrogen-bond acceptors (Lipinski definition) is 1. The van der Waals surface area contributed by atoms with Gasteiger partial charge in [0.2, 0.25) is 0 Å². The molecule has 1 nitrogen and oxygen atoms in total. The SMILES string of the molecule is CCCCCN(CCCCC)C(F)(Cl)Cl. The lowest BCUT2D eigenvalue weighted by atomic mass is 10.2. The molecule has 0 aromatic carbocycles. The van der Waals surface area contributed by atoms with Crippen molar-refractivity contribution in [3.63, 3.8) is 0 Å². The van der Waals surface area contributed by atoms with E-state index in [0.717, 1.165) is 38.5 Å². The van der Waals surface area contributed by atoms with Gasteiger partial charge in [0.1, 0.15) is 0 Å². The van der Waals surface area contributed by atoms with Crippen molar-refractivity contribution in [2.75, 3.05) is 13.1 Å². The van der Waals surface area contributed by atoms with E-state index in [0.29, 0.717) is 13.1 Å². The summed E-state index contributed by atoms with van der Waals surface area (Å²) in [6.45, 7) is 5.51. The lowest BCUT2D eigenvalue weighted by molar-refractivity contribution is 0.109. The summed E-state index contributed by atoms with van der Waals surface area (Å²) in [5, 5.41) is 0. The van der Waals surface area contributed by atoms with Crippen LogP contribution in [-0.4, -0.2) is 22.7 Å². The average molecular weight is 258 g/mol. The van der Waals surface area contributed by atoms with Crippen LogP contribution in [0, 0.1) is 0 Å². The van der Waals surface area contributed by atoms with E-state index in [2.05, 4.69) is 13.8 Å². The molecule has 0 radical (unpaired) electrons. The molecule has 0 atom stereocenters. The molecule has 0 bridgehead atoms. The van der Waals surface area contributed by atoms with E-state index in [1.807, 2.05) is 0 Å². The molecule has 0 aromatic rings. The van der Waals surface area contributed by atoms with Crippen LogP contribution < -0.4 is 0 Å². The Labute approximate surface area is 103 Å². The molecule has 0 spiro atoms. The highest BCUT2D eigenvalue weighted by atomic mass is 35.5. The first-order valence-electron chi connectivity index (χ1n) is 5.84. The van der Waals surface area contributed by atoms with Crippen molar-refractivity contribution in [1.82, 2.24) is 4.90 Å². The first kappa shape index (κ1) is 15.5. The summed E-state index contributed by atoms with van der Waals surface area (Å²) in [6.07, 6.45) is 6.32. The topological polar surface area (TPSA) is 3.24 Å². The predicted octanol–water partition coefficient (Wildman–Crippen LogP) is 4.73. The number of halogens is 3. The van der Waals surface area contributed by atoms with Crippen LogP contribution in [0.15, 0.2) is 0 Å². The fourth-order valence-corrected chi connectivity index (χ4v) is 1.81. The van der Waals surface area contributed by atoms with Gasteiger partial charge in [0.25, 0.3) is 0 Å². The normalized spacial score (nSPS) is 12.4. The van der Waals surface area contributed by atoms with Gasteiger partial charge in [-0.15, -0.1) is 0 Å². The van der Waals surface area contributed by atoms with Crippen LogP contribution in [0.2, 0.25) is 0 Å². The van der Waals surface area contributed by atoms with Crippen LogP contribution in [0.4, 0.5) is 4.39 Å². The molecule has 4 heteroatoms. The molecule has 0 aliphatic heterocycles. The second kappa shape index (κ2) is 8.60. The van der Waals surface area contributed by atoms with Crippen molar-refractivity contribution < 1.29 is 4.39 Å². The second-order valence-electron chi connectivity index (χ2n) is 3.87. The molecular weight excluding hydrogens is 236 g/mol. The molecule has 15 heavy (non-hydrogen) atoms. The Kier molecular flexibility index (Phi) is 8.87. The molecule has 0 N–H and O–H groups in total. The van der Waals surface area contributed by atoms with Crippen molar-refractivity contribution in [3.8, 4) is 0 Å². The Morgan fingerprint density at radius 3 is 1.60 bits per heavy atom. The van der Waals surface area contributed by atoms with Gasteiger partial charge >= 0.3 is 4.71 Å². The van der Waals surface area contributed by atoms with Gasteiger partial charge in [0.05, 0.1) is 0 Å². The average Bonchev–Trinajstić information content (AvgIpc) is 2.14. The van der Waals surface area contributed by atoms with Crippen molar-refractivity contribution in [3.05, 3.63) is 0 Å². The second-order valence-corrected chi connectivity index (χ2v) is 5.06. The van der Waals surface area contributed by atoms with Gasteiger partial charge in [-0.2, -0.15) is 4.39 Å². The maximum Gasteiger partial charge on any atom is 0.316 e. The van der Waals surface area contributed by atoms with Crippen LogP contribution in [0.25, 0.3) is 0 Å². The highest BCUT2D eigenvalue weighted by molar-refractivity contribution is 6.46. The molecule has 0 unspecified atom stereocenters. The van der Waals surface area contributed by atoms with Crippen molar-refractivity contribution in [1.29, 1.82) is 0 Å². The number of hydrogen-bond donors (Lipinski definition) is 0.